The second kappa shape index (κ2) is 9.10. The molecule has 1 saturated heterocycles. The Hall–Kier alpha value is -3.79. The molecule has 4 aromatic rings. The van der Waals surface area contributed by atoms with Crippen LogP contribution in [0.5, 0.6) is 0 Å². The number of nitrogens with one attached hydrogen (secondary N) is 1. The van der Waals surface area contributed by atoms with E-state index in [9.17, 15) is 22.4 Å². The maximum atomic E-state index is 13.8. The average molecular weight is 484 g/mol. The highest BCUT2D eigenvalue weighted by atomic mass is 19.4. The highest BCUT2D eigenvalue weighted by Crippen LogP contribution is 2.32. The molecule has 3 heterocycles. The molecule has 1 aliphatic rings. The van der Waals surface area contributed by atoms with E-state index in [4.69, 9.17) is 0 Å². The zero-order chi connectivity index (χ0) is 24.6. The van der Waals surface area contributed by atoms with Gasteiger partial charge in [0.1, 0.15) is 12.4 Å². The molecule has 5 rings (SSSR count). The van der Waals surface area contributed by atoms with Crippen molar-refractivity contribution in [2.75, 3.05) is 26.2 Å². The fourth-order valence-corrected chi connectivity index (χ4v) is 4.30. The summed E-state index contributed by atoms with van der Waals surface area (Å²) in [7, 11) is 0. The summed E-state index contributed by atoms with van der Waals surface area (Å²) in [5, 5.41) is 3.97. The number of halogens is 4. The van der Waals surface area contributed by atoms with Gasteiger partial charge in [-0.25, -0.2) is 13.9 Å². The van der Waals surface area contributed by atoms with Crippen LogP contribution in [-0.2, 0) is 12.7 Å². The first-order chi connectivity index (χ1) is 16.8. The lowest BCUT2D eigenvalue weighted by Crippen LogP contribution is -3.13. The normalized spacial score (nSPS) is 15.0. The second-order valence-corrected chi connectivity index (χ2v) is 8.54. The lowest BCUT2D eigenvalue weighted by atomic mass is 10.1. The Balaban J connectivity index is 1.39. The predicted octanol–water partition coefficient (Wildman–Crippen LogP) is 3.10. The largest absolute Gasteiger partial charge is 0.433 e. The fraction of sp³-hybridized carbons (Fsp3) is 0.240. The Morgan fingerprint density at radius 3 is 2.31 bits per heavy atom. The number of hydrogen-bond donors (Lipinski definition) is 1. The van der Waals surface area contributed by atoms with Gasteiger partial charge in [-0.15, -0.1) is 0 Å². The average Bonchev–Trinajstić information content (AvgIpc) is 3.28. The van der Waals surface area contributed by atoms with Gasteiger partial charge in [-0.1, -0.05) is 30.3 Å². The van der Waals surface area contributed by atoms with Crippen molar-refractivity contribution in [3.8, 4) is 11.3 Å². The third kappa shape index (κ3) is 4.88. The van der Waals surface area contributed by atoms with Gasteiger partial charge in [0.15, 0.2) is 17.0 Å². The van der Waals surface area contributed by atoms with E-state index in [-0.39, 0.29) is 17.0 Å². The van der Waals surface area contributed by atoms with E-state index in [0.717, 1.165) is 37.8 Å². The van der Waals surface area contributed by atoms with Crippen LogP contribution in [0, 0.1) is 5.82 Å². The predicted molar refractivity (Wildman–Crippen MR) is 120 cm³/mol. The van der Waals surface area contributed by atoms with Crippen molar-refractivity contribution in [1.29, 1.82) is 0 Å². The van der Waals surface area contributed by atoms with Gasteiger partial charge < -0.3 is 9.80 Å². The lowest BCUT2D eigenvalue weighted by Gasteiger charge is -2.31. The number of aromatic nitrogens is 3. The van der Waals surface area contributed by atoms with E-state index in [1.807, 2.05) is 18.2 Å². The van der Waals surface area contributed by atoms with Crippen molar-refractivity contribution in [2.45, 2.75) is 12.7 Å². The van der Waals surface area contributed by atoms with Crippen LogP contribution in [0.1, 0.15) is 21.7 Å². The molecule has 0 unspecified atom stereocenters. The third-order valence-corrected chi connectivity index (χ3v) is 6.13. The summed E-state index contributed by atoms with van der Waals surface area (Å²) in [5.74, 6) is -0.931. The molecule has 10 heteroatoms. The maximum absolute atomic E-state index is 13.8. The van der Waals surface area contributed by atoms with Crippen LogP contribution in [-0.4, -0.2) is 51.6 Å². The molecule has 0 radical (unpaired) electrons. The summed E-state index contributed by atoms with van der Waals surface area (Å²) >= 11 is 0. The molecule has 1 aliphatic heterocycles. The summed E-state index contributed by atoms with van der Waals surface area (Å²) in [6.45, 7) is 3.27. The molecule has 35 heavy (non-hydrogen) atoms. The third-order valence-electron chi connectivity index (χ3n) is 6.13. The zero-order valence-electron chi connectivity index (χ0n) is 18.6. The van der Waals surface area contributed by atoms with Gasteiger partial charge in [0.25, 0.3) is 5.91 Å². The van der Waals surface area contributed by atoms with E-state index in [2.05, 4.69) is 22.2 Å². The minimum absolute atomic E-state index is 0.0156. The Bertz CT molecular complexity index is 1340. The summed E-state index contributed by atoms with van der Waals surface area (Å²) in [4.78, 5) is 20.3. The van der Waals surface area contributed by atoms with Crippen LogP contribution in [0.3, 0.4) is 0 Å². The highest BCUT2D eigenvalue weighted by Gasteiger charge is 2.36. The molecule has 0 spiro atoms. The van der Waals surface area contributed by atoms with Crippen molar-refractivity contribution in [2.24, 2.45) is 0 Å². The number of carbonyl (C=O) groups excluding carboxylic acids is 1. The molecule has 180 valence electrons. The Morgan fingerprint density at radius 1 is 0.971 bits per heavy atom. The fourth-order valence-electron chi connectivity index (χ4n) is 4.30. The number of amides is 1. The number of benzene rings is 2. The number of nitrogens with zero attached hydrogens (tertiary/aromatic N) is 4. The SMILES string of the molecule is O=C(c1cc2nc(-c3ccc(F)cc3)cc(C(F)(F)F)n2n1)N1CC[NH+](Cc2ccccc2)CC1. The zero-order valence-corrected chi connectivity index (χ0v) is 18.6. The molecule has 6 nitrogen and oxygen atoms in total. The van der Waals surface area contributed by atoms with Gasteiger partial charge in [-0.2, -0.15) is 18.3 Å². The van der Waals surface area contributed by atoms with Gasteiger partial charge in [0.05, 0.1) is 31.9 Å². The van der Waals surface area contributed by atoms with E-state index in [1.165, 1.54) is 28.7 Å². The number of hydrogen-bond acceptors (Lipinski definition) is 3. The van der Waals surface area contributed by atoms with E-state index in [1.54, 1.807) is 4.90 Å². The van der Waals surface area contributed by atoms with Crippen molar-refractivity contribution in [1.82, 2.24) is 19.5 Å². The van der Waals surface area contributed by atoms with Gasteiger partial charge in [0, 0.05) is 17.2 Å². The molecule has 0 atom stereocenters. The van der Waals surface area contributed by atoms with Crippen LogP contribution in [0.15, 0.2) is 66.7 Å². The number of piperazine rings is 1. The molecule has 1 fully saturated rings. The van der Waals surface area contributed by atoms with Crippen molar-refractivity contribution >= 4 is 11.6 Å². The summed E-state index contributed by atoms with van der Waals surface area (Å²) < 4.78 is 55.4. The van der Waals surface area contributed by atoms with Crippen molar-refractivity contribution in [3.63, 3.8) is 0 Å². The standard InChI is InChI=1S/C25H21F4N5O/c26-19-8-6-18(7-9-19)20-14-22(25(27,28)29)34-23(30-20)15-21(31-34)24(35)33-12-10-32(11-13-33)16-17-4-2-1-3-5-17/h1-9,14-15H,10-13,16H2/p+1. The summed E-state index contributed by atoms with van der Waals surface area (Å²) in [5.41, 5.74) is 0.304. The van der Waals surface area contributed by atoms with Crippen LogP contribution in [0.2, 0.25) is 0 Å². The lowest BCUT2D eigenvalue weighted by molar-refractivity contribution is -0.917. The number of fused-ring (bicyclic) bond motifs is 1. The van der Waals surface area contributed by atoms with Crippen molar-refractivity contribution in [3.05, 3.63) is 89.5 Å². The van der Waals surface area contributed by atoms with Gasteiger partial charge in [-0.05, 0) is 30.3 Å². The molecule has 1 amide bonds. The van der Waals surface area contributed by atoms with E-state index >= 15 is 0 Å². The first-order valence-corrected chi connectivity index (χ1v) is 11.2. The summed E-state index contributed by atoms with van der Waals surface area (Å²) in [6.07, 6.45) is -4.73. The molecular weight excluding hydrogens is 462 g/mol. The number of alkyl halides is 3. The van der Waals surface area contributed by atoms with Gasteiger partial charge in [-0.3, -0.25) is 4.79 Å². The van der Waals surface area contributed by atoms with Crippen LogP contribution in [0.25, 0.3) is 16.9 Å². The molecule has 2 aromatic carbocycles. The van der Waals surface area contributed by atoms with Crippen LogP contribution >= 0.6 is 0 Å². The Kier molecular flexibility index (Phi) is 5.98. The maximum Gasteiger partial charge on any atom is 0.433 e. The van der Waals surface area contributed by atoms with E-state index < -0.39 is 23.6 Å². The van der Waals surface area contributed by atoms with Crippen LogP contribution < -0.4 is 4.90 Å². The number of quaternary nitrogens is 1. The Labute approximate surface area is 198 Å². The highest BCUT2D eigenvalue weighted by molar-refractivity contribution is 5.93. The monoisotopic (exact) mass is 484 g/mol. The topological polar surface area (TPSA) is 54.9 Å². The van der Waals surface area contributed by atoms with Gasteiger partial charge in [0.2, 0.25) is 0 Å². The first kappa shape index (κ1) is 23.0. The van der Waals surface area contributed by atoms with Gasteiger partial charge >= 0.3 is 6.18 Å². The Morgan fingerprint density at radius 2 is 1.66 bits per heavy atom. The minimum atomic E-state index is -4.73. The minimum Gasteiger partial charge on any atom is -0.328 e. The van der Waals surface area contributed by atoms with Crippen molar-refractivity contribution < 1.29 is 27.3 Å². The first-order valence-electron chi connectivity index (χ1n) is 11.2. The van der Waals surface area contributed by atoms with E-state index in [0.29, 0.717) is 23.2 Å². The molecule has 2 aromatic heterocycles. The smallest absolute Gasteiger partial charge is 0.328 e. The number of rotatable bonds is 4. The molecular formula is C25H22F4N5O+. The second-order valence-electron chi connectivity index (χ2n) is 8.54. The summed E-state index contributed by atoms with van der Waals surface area (Å²) in [6, 6.07) is 17.2. The molecule has 0 aliphatic carbocycles. The number of carbonyl (C=O) groups is 1. The van der Waals surface area contributed by atoms with Crippen LogP contribution in [0.4, 0.5) is 17.6 Å². The molecule has 0 bridgehead atoms. The molecule has 1 N–H and O–H groups in total. The quantitative estimate of drug-likeness (QED) is 0.453. The molecule has 0 saturated carbocycles.